The van der Waals surface area contributed by atoms with Crippen molar-refractivity contribution >= 4 is 27.5 Å². The average Bonchev–Trinajstić information content (AvgIpc) is 2.54. The minimum Gasteiger partial charge on any atom is -0.293 e. The highest BCUT2D eigenvalue weighted by molar-refractivity contribution is 7.89. The van der Waals surface area contributed by atoms with Crippen LogP contribution in [0.5, 0.6) is 0 Å². The highest BCUT2D eigenvalue weighted by Crippen LogP contribution is 2.15. The fourth-order valence-corrected chi connectivity index (χ4v) is 3.33. The molecule has 122 valence electrons. The van der Waals surface area contributed by atoms with Crippen LogP contribution in [0.3, 0.4) is 0 Å². The minimum absolute atomic E-state index is 0.0183. The van der Waals surface area contributed by atoms with Crippen molar-refractivity contribution in [2.24, 2.45) is 5.84 Å². The van der Waals surface area contributed by atoms with Crippen LogP contribution in [0.1, 0.15) is 5.56 Å². The highest BCUT2D eigenvalue weighted by atomic mass is 35.5. The molecule has 0 saturated heterocycles. The molecule has 0 spiro atoms. The van der Waals surface area contributed by atoms with E-state index in [0.29, 0.717) is 5.02 Å². The second-order valence-electron chi connectivity index (χ2n) is 4.83. The molecule has 2 aromatic carbocycles. The number of hydrazine groups is 1. The second-order valence-corrected chi connectivity index (χ2v) is 6.98. The molecule has 0 aliphatic rings. The van der Waals surface area contributed by atoms with E-state index >= 15 is 0 Å². The van der Waals surface area contributed by atoms with Gasteiger partial charge in [-0.05, 0) is 36.2 Å². The standard InChI is InChI=1S/C15H16ClN3O3S/c16-12-6-8-13(9-7-12)23(21,22)19-14(15(20)18-17)10-11-4-2-1-3-5-11/h1-9,14,19H,10,17H2,(H,18,20)/t14-/m1/s1. The maximum atomic E-state index is 12.4. The molecule has 1 amide bonds. The van der Waals surface area contributed by atoms with Crippen LogP contribution in [-0.2, 0) is 21.2 Å². The van der Waals surface area contributed by atoms with E-state index in [-0.39, 0.29) is 11.3 Å². The van der Waals surface area contributed by atoms with Gasteiger partial charge in [0.05, 0.1) is 4.90 Å². The molecule has 0 aliphatic heterocycles. The minimum atomic E-state index is -3.88. The van der Waals surface area contributed by atoms with Crippen LogP contribution in [0.4, 0.5) is 0 Å². The zero-order valence-corrected chi connectivity index (χ0v) is 13.6. The molecular formula is C15H16ClN3O3S. The Labute approximate surface area is 139 Å². The van der Waals surface area contributed by atoms with E-state index in [2.05, 4.69) is 4.72 Å². The molecule has 6 nitrogen and oxygen atoms in total. The summed E-state index contributed by atoms with van der Waals surface area (Å²) < 4.78 is 27.1. The summed E-state index contributed by atoms with van der Waals surface area (Å²) in [5.74, 6) is 4.53. The molecule has 4 N–H and O–H groups in total. The Kier molecular flexibility index (Phi) is 5.73. The number of benzene rings is 2. The SMILES string of the molecule is NNC(=O)[C@@H](Cc1ccccc1)NS(=O)(=O)c1ccc(Cl)cc1. The number of hydrogen-bond donors (Lipinski definition) is 3. The Bertz CT molecular complexity index is 764. The first-order chi connectivity index (χ1) is 10.9. The van der Waals surface area contributed by atoms with Crippen molar-refractivity contribution in [1.29, 1.82) is 0 Å². The quantitative estimate of drug-likeness (QED) is 0.413. The number of amides is 1. The van der Waals surface area contributed by atoms with Gasteiger partial charge in [0.25, 0.3) is 5.91 Å². The summed E-state index contributed by atoms with van der Waals surface area (Å²) in [6, 6.07) is 13.7. The van der Waals surface area contributed by atoms with Gasteiger partial charge in [0.15, 0.2) is 0 Å². The van der Waals surface area contributed by atoms with Gasteiger partial charge in [-0.25, -0.2) is 14.3 Å². The lowest BCUT2D eigenvalue weighted by Gasteiger charge is -2.17. The molecule has 2 rings (SSSR count). The van der Waals surface area contributed by atoms with Gasteiger partial charge in [-0.1, -0.05) is 41.9 Å². The summed E-state index contributed by atoms with van der Waals surface area (Å²) in [6.45, 7) is 0. The number of carbonyl (C=O) groups is 1. The normalized spacial score (nSPS) is 12.6. The Morgan fingerprint density at radius 1 is 1.09 bits per heavy atom. The van der Waals surface area contributed by atoms with Gasteiger partial charge in [0.2, 0.25) is 10.0 Å². The maximum Gasteiger partial charge on any atom is 0.252 e. The van der Waals surface area contributed by atoms with Crippen molar-refractivity contribution < 1.29 is 13.2 Å². The topological polar surface area (TPSA) is 101 Å². The molecule has 0 bridgehead atoms. The third kappa shape index (κ3) is 4.77. The molecule has 0 aliphatic carbocycles. The van der Waals surface area contributed by atoms with Crippen molar-refractivity contribution in [2.75, 3.05) is 0 Å². The van der Waals surface area contributed by atoms with E-state index < -0.39 is 22.0 Å². The van der Waals surface area contributed by atoms with E-state index in [1.165, 1.54) is 24.3 Å². The lowest BCUT2D eigenvalue weighted by atomic mass is 10.1. The molecule has 0 aromatic heterocycles. The lowest BCUT2D eigenvalue weighted by Crippen LogP contribution is -2.49. The van der Waals surface area contributed by atoms with Gasteiger partial charge in [0, 0.05) is 5.02 Å². The monoisotopic (exact) mass is 353 g/mol. The van der Waals surface area contributed by atoms with E-state index in [1.54, 1.807) is 24.3 Å². The number of halogens is 1. The molecule has 0 radical (unpaired) electrons. The first-order valence-electron chi connectivity index (χ1n) is 6.74. The average molecular weight is 354 g/mol. The van der Waals surface area contributed by atoms with E-state index in [4.69, 9.17) is 17.4 Å². The van der Waals surface area contributed by atoms with Crippen LogP contribution in [-0.4, -0.2) is 20.4 Å². The first kappa shape index (κ1) is 17.4. The number of nitrogens with two attached hydrogens (primary N) is 1. The number of carbonyl (C=O) groups excluding carboxylic acids is 1. The van der Waals surface area contributed by atoms with Crippen LogP contribution >= 0.6 is 11.6 Å². The molecule has 1 atom stereocenters. The summed E-state index contributed by atoms with van der Waals surface area (Å²) in [5.41, 5.74) is 2.79. The second kappa shape index (κ2) is 7.56. The summed E-state index contributed by atoms with van der Waals surface area (Å²) in [4.78, 5) is 11.9. The Morgan fingerprint density at radius 2 is 1.70 bits per heavy atom. The molecule has 0 heterocycles. The van der Waals surface area contributed by atoms with Crippen LogP contribution in [0.25, 0.3) is 0 Å². The van der Waals surface area contributed by atoms with Gasteiger partial charge in [0.1, 0.15) is 6.04 Å². The van der Waals surface area contributed by atoms with Crippen molar-refractivity contribution in [3.8, 4) is 0 Å². The van der Waals surface area contributed by atoms with Gasteiger partial charge >= 0.3 is 0 Å². The molecule has 0 fully saturated rings. The first-order valence-corrected chi connectivity index (χ1v) is 8.61. The number of nitrogens with one attached hydrogen (secondary N) is 2. The predicted octanol–water partition coefficient (Wildman–Crippen LogP) is 1.22. The Hall–Kier alpha value is -1.93. The smallest absolute Gasteiger partial charge is 0.252 e. The van der Waals surface area contributed by atoms with Crippen LogP contribution < -0.4 is 16.0 Å². The zero-order chi connectivity index (χ0) is 16.9. The van der Waals surface area contributed by atoms with Gasteiger partial charge < -0.3 is 0 Å². The highest BCUT2D eigenvalue weighted by Gasteiger charge is 2.25. The Morgan fingerprint density at radius 3 is 2.26 bits per heavy atom. The summed E-state index contributed by atoms with van der Waals surface area (Å²) in [6.07, 6.45) is 0.177. The van der Waals surface area contributed by atoms with Crippen molar-refractivity contribution in [3.05, 3.63) is 65.2 Å². The fraction of sp³-hybridized carbons (Fsp3) is 0.133. The van der Waals surface area contributed by atoms with Crippen LogP contribution in [0.15, 0.2) is 59.5 Å². The molecule has 0 saturated carbocycles. The summed E-state index contributed by atoms with van der Waals surface area (Å²) >= 11 is 5.75. The van der Waals surface area contributed by atoms with Crippen LogP contribution in [0.2, 0.25) is 5.02 Å². The molecular weight excluding hydrogens is 338 g/mol. The van der Waals surface area contributed by atoms with Gasteiger partial charge in [-0.2, -0.15) is 4.72 Å². The van der Waals surface area contributed by atoms with Crippen molar-refractivity contribution in [2.45, 2.75) is 17.4 Å². The van der Waals surface area contributed by atoms with E-state index in [9.17, 15) is 13.2 Å². The van der Waals surface area contributed by atoms with Crippen molar-refractivity contribution in [1.82, 2.24) is 10.1 Å². The molecule has 8 heteroatoms. The number of hydrogen-bond acceptors (Lipinski definition) is 4. The number of sulfonamides is 1. The third-order valence-electron chi connectivity index (χ3n) is 3.16. The lowest BCUT2D eigenvalue weighted by molar-refractivity contribution is -0.122. The fourth-order valence-electron chi connectivity index (χ4n) is 2.01. The van der Waals surface area contributed by atoms with Gasteiger partial charge in [-0.15, -0.1) is 0 Å². The Balaban J connectivity index is 2.23. The van der Waals surface area contributed by atoms with Crippen molar-refractivity contribution in [3.63, 3.8) is 0 Å². The third-order valence-corrected chi connectivity index (χ3v) is 4.90. The zero-order valence-electron chi connectivity index (χ0n) is 12.1. The van der Waals surface area contributed by atoms with Crippen LogP contribution in [0, 0.1) is 0 Å². The largest absolute Gasteiger partial charge is 0.293 e. The predicted molar refractivity (Wildman–Crippen MR) is 88.0 cm³/mol. The molecule has 2 aromatic rings. The molecule has 23 heavy (non-hydrogen) atoms. The van der Waals surface area contributed by atoms with E-state index in [1.807, 2.05) is 11.5 Å². The maximum absolute atomic E-state index is 12.4. The van der Waals surface area contributed by atoms with Gasteiger partial charge in [-0.3, -0.25) is 10.2 Å². The summed E-state index contributed by atoms with van der Waals surface area (Å²) in [5, 5.41) is 0.421. The number of rotatable bonds is 6. The molecule has 0 unspecified atom stereocenters. The van der Waals surface area contributed by atoms with E-state index in [0.717, 1.165) is 5.56 Å². The summed E-state index contributed by atoms with van der Waals surface area (Å²) in [7, 11) is -3.88.